The molecule has 0 aliphatic heterocycles. The second kappa shape index (κ2) is 5.39. The minimum Gasteiger partial charge on any atom is -0.490 e. The summed E-state index contributed by atoms with van der Waals surface area (Å²) in [4.78, 5) is 10.7. The highest BCUT2D eigenvalue weighted by Crippen LogP contribution is 2.29. The zero-order valence-electron chi connectivity index (χ0n) is 9.69. The van der Waals surface area contributed by atoms with Crippen LogP contribution in [0.3, 0.4) is 0 Å². The summed E-state index contributed by atoms with van der Waals surface area (Å²) < 4.78 is 10.7. The van der Waals surface area contributed by atoms with E-state index < -0.39 is 12.1 Å². The summed E-state index contributed by atoms with van der Waals surface area (Å²) in [5.41, 5.74) is 1.04. The number of aliphatic carboxylic acids is 1. The van der Waals surface area contributed by atoms with Gasteiger partial charge in [0.05, 0.1) is 6.61 Å². The normalized spacial score (nSPS) is 11.9. The molecule has 4 heteroatoms. The summed E-state index contributed by atoms with van der Waals surface area (Å²) in [5, 5.41) is 8.75. The summed E-state index contributed by atoms with van der Waals surface area (Å²) in [6, 6.07) is 5.40. The van der Waals surface area contributed by atoms with E-state index in [1.807, 2.05) is 26.0 Å². The largest absolute Gasteiger partial charge is 0.490 e. The summed E-state index contributed by atoms with van der Waals surface area (Å²) >= 11 is 0. The topological polar surface area (TPSA) is 55.8 Å². The number of hydrogen-bond acceptors (Lipinski definition) is 3. The first-order valence-corrected chi connectivity index (χ1v) is 5.17. The van der Waals surface area contributed by atoms with Crippen molar-refractivity contribution in [1.29, 1.82) is 0 Å². The van der Waals surface area contributed by atoms with Crippen LogP contribution in [0.1, 0.15) is 19.4 Å². The van der Waals surface area contributed by atoms with Gasteiger partial charge in [0.2, 0.25) is 0 Å². The average molecular weight is 224 g/mol. The van der Waals surface area contributed by atoms with E-state index in [0.29, 0.717) is 18.1 Å². The standard InChI is InChI=1S/C12H16O4/c1-4-15-11-7-8(2)5-6-10(11)16-9(3)12(13)14/h5-7,9H,4H2,1-3H3,(H,13,14). The summed E-state index contributed by atoms with van der Waals surface area (Å²) in [6.45, 7) is 5.80. The molecule has 0 aliphatic carbocycles. The molecule has 1 rings (SSSR count). The molecule has 16 heavy (non-hydrogen) atoms. The van der Waals surface area contributed by atoms with Gasteiger partial charge in [0.1, 0.15) is 0 Å². The zero-order valence-corrected chi connectivity index (χ0v) is 9.69. The van der Waals surface area contributed by atoms with E-state index in [4.69, 9.17) is 14.6 Å². The van der Waals surface area contributed by atoms with Gasteiger partial charge in [0.15, 0.2) is 17.6 Å². The maximum absolute atomic E-state index is 10.7. The number of hydrogen-bond donors (Lipinski definition) is 1. The van der Waals surface area contributed by atoms with Crippen LogP contribution in [0, 0.1) is 6.92 Å². The van der Waals surface area contributed by atoms with Gasteiger partial charge in [-0.1, -0.05) is 6.07 Å². The molecule has 4 nitrogen and oxygen atoms in total. The highest BCUT2D eigenvalue weighted by molar-refractivity contribution is 5.72. The second-order valence-electron chi connectivity index (χ2n) is 3.48. The quantitative estimate of drug-likeness (QED) is 0.833. The molecular formula is C12H16O4. The average Bonchev–Trinajstić information content (AvgIpc) is 2.22. The first-order chi connectivity index (χ1) is 7.54. The fourth-order valence-corrected chi connectivity index (χ4v) is 1.22. The van der Waals surface area contributed by atoms with Crippen LogP contribution in [0.2, 0.25) is 0 Å². The third-order valence-corrected chi connectivity index (χ3v) is 2.05. The maximum Gasteiger partial charge on any atom is 0.344 e. The number of rotatable bonds is 5. The van der Waals surface area contributed by atoms with Gasteiger partial charge >= 0.3 is 5.97 Å². The van der Waals surface area contributed by atoms with Crippen LogP contribution in [-0.4, -0.2) is 23.8 Å². The Bertz CT molecular complexity index is 373. The Morgan fingerprint density at radius 3 is 2.69 bits per heavy atom. The molecule has 0 aromatic heterocycles. The number of benzene rings is 1. The monoisotopic (exact) mass is 224 g/mol. The number of ether oxygens (including phenoxy) is 2. The Morgan fingerprint density at radius 1 is 1.44 bits per heavy atom. The Morgan fingerprint density at radius 2 is 2.12 bits per heavy atom. The molecule has 0 heterocycles. The first kappa shape index (κ1) is 12.4. The zero-order chi connectivity index (χ0) is 12.1. The van der Waals surface area contributed by atoms with Gasteiger partial charge in [-0.25, -0.2) is 4.79 Å². The van der Waals surface area contributed by atoms with Crippen molar-refractivity contribution in [3.05, 3.63) is 23.8 Å². The SMILES string of the molecule is CCOc1cc(C)ccc1OC(C)C(=O)O. The fourth-order valence-electron chi connectivity index (χ4n) is 1.22. The molecule has 0 spiro atoms. The highest BCUT2D eigenvalue weighted by atomic mass is 16.5. The van der Waals surface area contributed by atoms with Gasteiger partial charge in [-0.2, -0.15) is 0 Å². The van der Waals surface area contributed by atoms with E-state index in [1.165, 1.54) is 6.92 Å². The molecule has 88 valence electrons. The minimum atomic E-state index is -0.997. The molecule has 1 aromatic carbocycles. The molecule has 0 radical (unpaired) electrons. The van der Waals surface area contributed by atoms with Crippen molar-refractivity contribution in [3.8, 4) is 11.5 Å². The van der Waals surface area contributed by atoms with Gasteiger partial charge in [0.25, 0.3) is 0 Å². The minimum absolute atomic E-state index is 0.461. The van der Waals surface area contributed by atoms with Crippen molar-refractivity contribution in [1.82, 2.24) is 0 Å². The van der Waals surface area contributed by atoms with E-state index in [2.05, 4.69) is 0 Å². The molecule has 0 aliphatic rings. The molecule has 0 bridgehead atoms. The van der Waals surface area contributed by atoms with E-state index in [-0.39, 0.29) is 0 Å². The molecule has 1 unspecified atom stereocenters. The lowest BCUT2D eigenvalue weighted by Crippen LogP contribution is -2.23. The molecule has 1 aromatic rings. The fraction of sp³-hybridized carbons (Fsp3) is 0.417. The van der Waals surface area contributed by atoms with Crippen LogP contribution < -0.4 is 9.47 Å². The van der Waals surface area contributed by atoms with Crippen molar-refractivity contribution in [2.24, 2.45) is 0 Å². The van der Waals surface area contributed by atoms with Gasteiger partial charge in [-0.05, 0) is 38.5 Å². The number of carbonyl (C=O) groups is 1. The molecule has 1 N–H and O–H groups in total. The van der Waals surface area contributed by atoms with E-state index in [0.717, 1.165) is 5.56 Å². The Balaban J connectivity index is 2.89. The van der Waals surface area contributed by atoms with Crippen molar-refractivity contribution in [3.63, 3.8) is 0 Å². The molecule has 1 atom stereocenters. The predicted octanol–water partition coefficient (Wildman–Crippen LogP) is 2.25. The van der Waals surface area contributed by atoms with Crippen LogP contribution >= 0.6 is 0 Å². The Hall–Kier alpha value is -1.71. The van der Waals surface area contributed by atoms with Crippen molar-refractivity contribution in [2.75, 3.05) is 6.61 Å². The van der Waals surface area contributed by atoms with Crippen LogP contribution in [0.4, 0.5) is 0 Å². The number of carboxylic acid groups (broad SMARTS) is 1. The molecular weight excluding hydrogens is 208 g/mol. The van der Waals surface area contributed by atoms with E-state index in [9.17, 15) is 4.79 Å². The lowest BCUT2D eigenvalue weighted by Gasteiger charge is -2.14. The van der Waals surface area contributed by atoms with Crippen LogP contribution in [0.5, 0.6) is 11.5 Å². The van der Waals surface area contributed by atoms with Gasteiger partial charge in [0, 0.05) is 0 Å². The molecule has 0 saturated heterocycles. The summed E-state index contributed by atoms with van der Waals surface area (Å²) in [7, 11) is 0. The molecule has 0 fully saturated rings. The van der Waals surface area contributed by atoms with Crippen molar-refractivity contribution >= 4 is 5.97 Å². The Kier molecular flexibility index (Phi) is 4.17. The van der Waals surface area contributed by atoms with Gasteiger partial charge in [-0.15, -0.1) is 0 Å². The first-order valence-electron chi connectivity index (χ1n) is 5.17. The summed E-state index contributed by atoms with van der Waals surface area (Å²) in [6.07, 6.45) is -0.887. The smallest absolute Gasteiger partial charge is 0.344 e. The Labute approximate surface area is 94.8 Å². The van der Waals surface area contributed by atoms with Crippen molar-refractivity contribution in [2.45, 2.75) is 26.9 Å². The number of carboxylic acids is 1. The third kappa shape index (κ3) is 3.15. The van der Waals surface area contributed by atoms with Crippen LogP contribution in [0.25, 0.3) is 0 Å². The van der Waals surface area contributed by atoms with E-state index in [1.54, 1.807) is 6.07 Å². The lowest BCUT2D eigenvalue weighted by molar-refractivity contribution is -0.144. The van der Waals surface area contributed by atoms with Gasteiger partial charge < -0.3 is 14.6 Å². The third-order valence-electron chi connectivity index (χ3n) is 2.05. The molecule has 0 saturated carbocycles. The van der Waals surface area contributed by atoms with Gasteiger partial charge in [-0.3, -0.25) is 0 Å². The lowest BCUT2D eigenvalue weighted by atomic mass is 10.2. The predicted molar refractivity (Wildman–Crippen MR) is 60.1 cm³/mol. The second-order valence-corrected chi connectivity index (χ2v) is 3.48. The summed E-state index contributed by atoms with van der Waals surface area (Å²) in [5.74, 6) is 0.0426. The number of aryl methyl sites for hydroxylation is 1. The van der Waals surface area contributed by atoms with Crippen molar-refractivity contribution < 1.29 is 19.4 Å². The van der Waals surface area contributed by atoms with Crippen LogP contribution in [0.15, 0.2) is 18.2 Å². The molecule has 0 amide bonds. The van der Waals surface area contributed by atoms with Crippen LogP contribution in [-0.2, 0) is 4.79 Å². The van der Waals surface area contributed by atoms with E-state index >= 15 is 0 Å². The highest BCUT2D eigenvalue weighted by Gasteiger charge is 2.15. The maximum atomic E-state index is 10.7.